The number of para-hydroxylation sites is 1. The molecule has 3 rings (SSSR count). The molecule has 0 atom stereocenters. The highest BCUT2D eigenvalue weighted by Crippen LogP contribution is 2.34. The Labute approximate surface area is 103 Å². The van der Waals surface area contributed by atoms with Gasteiger partial charge in [-0.25, -0.2) is 4.98 Å². The smallest absolute Gasteiger partial charge is 0.198 e. The van der Waals surface area contributed by atoms with Crippen molar-refractivity contribution in [2.75, 3.05) is 0 Å². The van der Waals surface area contributed by atoms with Crippen molar-refractivity contribution >= 4 is 27.0 Å². The van der Waals surface area contributed by atoms with Gasteiger partial charge in [-0.15, -0.1) is 0 Å². The van der Waals surface area contributed by atoms with E-state index in [9.17, 15) is 0 Å². The van der Waals surface area contributed by atoms with Crippen LogP contribution in [0.1, 0.15) is 43.9 Å². The van der Waals surface area contributed by atoms with Gasteiger partial charge in [-0.1, -0.05) is 25.3 Å². The van der Waals surface area contributed by atoms with Crippen LogP contribution in [0.2, 0.25) is 0 Å². The number of fused-ring (bicyclic) bond motifs is 1. The number of nitrogens with zero attached hydrogens (tertiary/aromatic N) is 1. The van der Waals surface area contributed by atoms with E-state index in [4.69, 9.17) is 4.42 Å². The number of oxazole rings is 1. The summed E-state index contributed by atoms with van der Waals surface area (Å²) in [5.74, 6) is 1.47. The van der Waals surface area contributed by atoms with E-state index >= 15 is 0 Å². The zero-order valence-electron chi connectivity index (χ0n) is 9.08. The van der Waals surface area contributed by atoms with Gasteiger partial charge in [-0.05, 0) is 40.9 Å². The van der Waals surface area contributed by atoms with Gasteiger partial charge in [0.2, 0.25) is 0 Å². The Balaban J connectivity index is 2.01. The van der Waals surface area contributed by atoms with Crippen molar-refractivity contribution in [2.24, 2.45) is 0 Å². The highest BCUT2D eigenvalue weighted by molar-refractivity contribution is 9.10. The van der Waals surface area contributed by atoms with E-state index < -0.39 is 0 Å². The van der Waals surface area contributed by atoms with Crippen LogP contribution in [-0.2, 0) is 0 Å². The number of benzene rings is 1. The third kappa shape index (κ3) is 1.77. The molecule has 0 unspecified atom stereocenters. The molecule has 1 saturated carbocycles. The zero-order valence-corrected chi connectivity index (χ0v) is 10.7. The van der Waals surface area contributed by atoms with E-state index in [2.05, 4.69) is 20.9 Å². The second kappa shape index (κ2) is 4.21. The van der Waals surface area contributed by atoms with Crippen molar-refractivity contribution in [3.8, 4) is 0 Å². The molecule has 2 aromatic rings. The minimum Gasteiger partial charge on any atom is -0.440 e. The maximum absolute atomic E-state index is 5.85. The van der Waals surface area contributed by atoms with Crippen molar-refractivity contribution in [1.29, 1.82) is 0 Å². The number of aromatic nitrogens is 1. The first-order chi connectivity index (χ1) is 7.84. The third-order valence-corrected chi connectivity index (χ3v) is 3.98. The van der Waals surface area contributed by atoms with Crippen LogP contribution in [0.4, 0.5) is 0 Å². The Bertz CT molecular complexity index is 500. The van der Waals surface area contributed by atoms with Crippen LogP contribution in [0.5, 0.6) is 0 Å². The Morgan fingerprint density at radius 1 is 1.19 bits per heavy atom. The van der Waals surface area contributed by atoms with Crippen LogP contribution in [-0.4, -0.2) is 4.98 Å². The third-order valence-electron chi connectivity index (χ3n) is 3.34. The fraction of sp³-hybridized carbons (Fsp3) is 0.462. The van der Waals surface area contributed by atoms with E-state index in [-0.39, 0.29) is 0 Å². The summed E-state index contributed by atoms with van der Waals surface area (Å²) in [5, 5.41) is 0. The summed E-state index contributed by atoms with van der Waals surface area (Å²) >= 11 is 3.51. The quantitative estimate of drug-likeness (QED) is 0.760. The second-order valence-electron chi connectivity index (χ2n) is 4.47. The molecule has 0 radical (unpaired) electrons. The first-order valence-corrected chi connectivity index (χ1v) is 6.69. The minimum absolute atomic E-state index is 0.535. The standard InChI is InChI=1S/C13H14BrNO/c14-10-7-4-8-11-12(10)15-13(16-11)9-5-2-1-3-6-9/h4,7-9H,1-3,5-6H2. The molecule has 2 nitrogen and oxygen atoms in total. The van der Waals surface area contributed by atoms with Crippen LogP contribution in [0.15, 0.2) is 27.1 Å². The molecule has 1 fully saturated rings. The van der Waals surface area contributed by atoms with Crippen LogP contribution in [0, 0.1) is 0 Å². The summed E-state index contributed by atoms with van der Waals surface area (Å²) in [6, 6.07) is 5.98. The number of hydrogen-bond acceptors (Lipinski definition) is 2. The lowest BCUT2D eigenvalue weighted by Gasteiger charge is -2.17. The summed E-state index contributed by atoms with van der Waals surface area (Å²) in [4.78, 5) is 4.62. The predicted octanol–water partition coefficient (Wildman–Crippen LogP) is 4.64. The van der Waals surface area contributed by atoms with E-state index in [0.717, 1.165) is 21.5 Å². The van der Waals surface area contributed by atoms with E-state index in [0.29, 0.717) is 5.92 Å². The Morgan fingerprint density at radius 2 is 2.00 bits per heavy atom. The van der Waals surface area contributed by atoms with Crippen molar-refractivity contribution in [3.05, 3.63) is 28.6 Å². The Kier molecular flexibility index (Phi) is 2.72. The van der Waals surface area contributed by atoms with Gasteiger partial charge in [-0.2, -0.15) is 0 Å². The molecule has 1 aliphatic carbocycles. The molecule has 0 saturated heterocycles. The van der Waals surface area contributed by atoms with Crippen molar-refractivity contribution in [2.45, 2.75) is 38.0 Å². The lowest BCUT2D eigenvalue weighted by atomic mass is 9.89. The first kappa shape index (κ1) is 10.3. The van der Waals surface area contributed by atoms with Gasteiger partial charge in [-0.3, -0.25) is 0 Å². The lowest BCUT2D eigenvalue weighted by molar-refractivity contribution is 0.373. The maximum atomic E-state index is 5.85. The maximum Gasteiger partial charge on any atom is 0.198 e. The van der Waals surface area contributed by atoms with Gasteiger partial charge in [0.15, 0.2) is 11.5 Å². The molecule has 1 heterocycles. The molecule has 84 valence electrons. The van der Waals surface area contributed by atoms with Crippen molar-refractivity contribution in [3.63, 3.8) is 0 Å². The number of hydrogen-bond donors (Lipinski definition) is 0. The van der Waals surface area contributed by atoms with E-state index in [1.807, 2.05) is 18.2 Å². The van der Waals surface area contributed by atoms with E-state index in [1.54, 1.807) is 0 Å². The van der Waals surface area contributed by atoms with Crippen LogP contribution >= 0.6 is 15.9 Å². The first-order valence-electron chi connectivity index (χ1n) is 5.89. The van der Waals surface area contributed by atoms with Crippen LogP contribution in [0.25, 0.3) is 11.1 Å². The molecule has 16 heavy (non-hydrogen) atoms. The van der Waals surface area contributed by atoms with Gasteiger partial charge >= 0.3 is 0 Å². The fourth-order valence-corrected chi connectivity index (χ4v) is 2.89. The van der Waals surface area contributed by atoms with E-state index in [1.165, 1.54) is 32.1 Å². The molecule has 1 aromatic carbocycles. The van der Waals surface area contributed by atoms with Gasteiger partial charge < -0.3 is 4.42 Å². The topological polar surface area (TPSA) is 26.0 Å². The van der Waals surface area contributed by atoms with Gasteiger partial charge in [0.25, 0.3) is 0 Å². The summed E-state index contributed by atoms with van der Waals surface area (Å²) in [6.45, 7) is 0. The lowest BCUT2D eigenvalue weighted by Crippen LogP contribution is -2.04. The fourth-order valence-electron chi connectivity index (χ4n) is 2.46. The van der Waals surface area contributed by atoms with Gasteiger partial charge in [0.1, 0.15) is 5.52 Å². The average Bonchev–Trinajstić information content (AvgIpc) is 2.76. The monoisotopic (exact) mass is 279 g/mol. The minimum atomic E-state index is 0.535. The molecule has 1 aliphatic rings. The summed E-state index contributed by atoms with van der Waals surface area (Å²) in [5.41, 5.74) is 1.86. The largest absolute Gasteiger partial charge is 0.440 e. The van der Waals surface area contributed by atoms with Gasteiger partial charge in [0.05, 0.1) is 0 Å². The van der Waals surface area contributed by atoms with Crippen molar-refractivity contribution < 1.29 is 4.42 Å². The SMILES string of the molecule is Brc1cccc2oc(C3CCCCC3)nc12. The Hall–Kier alpha value is -0.830. The predicted molar refractivity (Wildman–Crippen MR) is 67.5 cm³/mol. The highest BCUT2D eigenvalue weighted by atomic mass is 79.9. The molecular formula is C13H14BrNO. The molecule has 3 heteroatoms. The molecule has 0 amide bonds. The second-order valence-corrected chi connectivity index (χ2v) is 5.33. The highest BCUT2D eigenvalue weighted by Gasteiger charge is 2.21. The van der Waals surface area contributed by atoms with Crippen LogP contribution in [0.3, 0.4) is 0 Å². The van der Waals surface area contributed by atoms with Gasteiger partial charge in [0, 0.05) is 10.4 Å². The summed E-state index contributed by atoms with van der Waals surface area (Å²) in [6.07, 6.45) is 6.43. The normalized spacial score (nSPS) is 18.1. The average molecular weight is 280 g/mol. The summed E-state index contributed by atoms with van der Waals surface area (Å²) < 4.78 is 6.87. The molecule has 1 aromatic heterocycles. The van der Waals surface area contributed by atoms with Crippen LogP contribution < -0.4 is 0 Å². The Morgan fingerprint density at radius 3 is 2.75 bits per heavy atom. The molecular weight excluding hydrogens is 266 g/mol. The number of halogens is 1. The van der Waals surface area contributed by atoms with Crippen molar-refractivity contribution in [1.82, 2.24) is 4.98 Å². The summed E-state index contributed by atoms with van der Waals surface area (Å²) in [7, 11) is 0. The number of rotatable bonds is 1. The molecule has 0 aliphatic heterocycles. The zero-order chi connectivity index (χ0) is 11.0. The molecule has 0 bridgehead atoms. The molecule has 0 spiro atoms. The molecule has 0 N–H and O–H groups in total.